The molecular formula is C33H38F2O3S2. The molecule has 0 heterocycles. The first-order valence-electron chi connectivity index (χ1n) is 14.7. The Morgan fingerprint density at radius 1 is 0.700 bits per heavy atom. The molecule has 0 saturated heterocycles. The van der Waals surface area contributed by atoms with Gasteiger partial charge in [-0.3, -0.25) is 0 Å². The number of hydrogen-bond acceptors (Lipinski definition) is 3. The highest BCUT2D eigenvalue weighted by atomic mass is 32.3. The summed E-state index contributed by atoms with van der Waals surface area (Å²) in [6.07, 6.45) is 8.88. The van der Waals surface area contributed by atoms with Crippen LogP contribution in [0.25, 0.3) is 0 Å². The fraction of sp³-hybridized carbons (Fsp3) is 0.455. The molecule has 40 heavy (non-hydrogen) atoms. The van der Waals surface area contributed by atoms with Gasteiger partial charge in [0.1, 0.15) is 0 Å². The Balaban J connectivity index is 1.43. The molecule has 7 heteroatoms. The van der Waals surface area contributed by atoms with Gasteiger partial charge in [-0.05, 0) is 108 Å². The van der Waals surface area contributed by atoms with Crippen molar-refractivity contribution in [1.82, 2.24) is 0 Å². The first kappa shape index (κ1) is 27.9. The van der Waals surface area contributed by atoms with Gasteiger partial charge in [0.2, 0.25) is 0 Å². The lowest BCUT2D eigenvalue weighted by atomic mass is 9.84. The molecule has 2 bridgehead atoms. The third-order valence-corrected chi connectivity index (χ3v) is 14.6. The van der Waals surface area contributed by atoms with Gasteiger partial charge in [-0.25, -0.2) is 3.63 Å². The monoisotopic (exact) mass is 584 g/mol. The van der Waals surface area contributed by atoms with Crippen LogP contribution in [0.3, 0.4) is 0 Å². The van der Waals surface area contributed by atoms with Crippen LogP contribution in [-0.4, -0.2) is 13.7 Å². The van der Waals surface area contributed by atoms with Gasteiger partial charge in [0.05, 0.1) is 0 Å². The topological polar surface area (TPSA) is 43.4 Å². The van der Waals surface area contributed by atoms with Crippen LogP contribution in [0.1, 0.15) is 75.7 Å². The number of alkyl halides is 2. The van der Waals surface area contributed by atoms with Crippen molar-refractivity contribution in [2.75, 3.05) is 0 Å². The van der Waals surface area contributed by atoms with Gasteiger partial charge in [0.15, 0.2) is 0 Å². The van der Waals surface area contributed by atoms with Crippen LogP contribution in [-0.2, 0) is 13.7 Å². The van der Waals surface area contributed by atoms with Crippen LogP contribution < -0.4 is 0 Å². The van der Waals surface area contributed by atoms with Crippen LogP contribution in [0.2, 0.25) is 0 Å². The van der Waals surface area contributed by atoms with Crippen LogP contribution in [0.5, 0.6) is 0 Å². The normalized spacial score (nSPS) is 24.3. The summed E-state index contributed by atoms with van der Waals surface area (Å²) >= 11 is 0. The standard InChI is InChI=1S/C33H38F2O3S2/c34-33(35,24-29-23-25-16-17-28(29)22-25)40(36,37)38-39(30-12-6-2-7-13-30,31-14-8-3-9-15-31)32-20-18-27(19-21-32)26-10-4-1-5-11-26/h2-3,6-9,12-15,18-21,25-26,28-29H,1,4-5,10-11,16-17,22-24H2. The summed E-state index contributed by atoms with van der Waals surface area (Å²) in [6.45, 7) is 0. The maximum absolute atomic E-state index is 15.9. The van der Waals surface area contributed by atoms with Gasteiger partial charge >= 0.3 is 15.4 Å². The maximum Gasteiger partial charge on any atom is 0.371 e. The fourth-order valence-electron chi connectivity index (χ4n) is 7.34. The SMILES string of the molecule is O=S(=O)(OS(c1ccccc1)(c1ccccc1)c1ccc(C2CCCCC2)cc1)C(F)(F)CC1CC2CCC1C2. The Hall–Kier alpha value is -2.22. The Morgan fingerprint density at radius 2 is 1.27 bits per heavy atom. The van der Waals surface area contributed by atoms with E-state index in [9.17, 15) is 8.42 Å². The second kappa shape index (κ2) is 11.2. The summed E-state index contributed by atoms with van der Waals surface area (Å²) in [6, 6.07) is 26.0. The van der Waals surface area contributed by atoms with Gasteiger partial charge in [-0.1, -0.05) is 74.2 Å². The molecule has 0 radical (unpaired) electrons. The van der Waals surface area contributed by atoms with Gasteiger partial charge in [0.25, 0.3) is 0 Å². The Kier molecular flexibility index (Phi) is 7.83. The molecule has 0 aliphatic heterocycles. The number of benzene rings is 3. The van der Waals surface area contributed by atoms with E-state index in [0.717, 1.165) is 32.1 Å². The maximum atomic E-state index is 15.9. The first-order valence-corrected chi connectivity index (χ1v) is 17.6. The summed E-state index contributed by atoms with van der Waals surface area (Å²) in [7, 11) is -8.33. The predicted molar refractivity (Wildman–Crippen MR) is 156 cm³/mol. The second-order valence-corrected chi connectivity index (χ2v) is 16.5. The van der Waals surface area contributed by atoms with Crippen molar-refractivity contribution in [2.45, 2.75) is 90.1 Å². The quantitative estimate of drug-likeness (QED) is 0.251. The van der Waals surface area contributed by atoms with Crippen LogP contribution in [0.15, 0.2) is 99.6 Å². The van der Waals surface area contributed by atoms with E-state index in [0.29, 0.717) is 32.9 Å². The predicted octanol–water partition coefficient (Wildman–Crippen LogP) is 9.70. The zero-order chi connectivity index (χ0) is 27.8. The number of halogens is 2. The van der Waals surface area contributed by atoms with Crippen molar-refractivity contribution in [2.24, 2.45) is 17.8 Å². The van der Waals surface area contributed by atoms with E-state index in [4.69, 9.17) is 3.63 Å². The van der Waals surface area contributed by atoms with Crippen molar-refractivity contribution < 1.29 is 20.8 Å². The number of hydrogen-bond donors (Lipinski definition) is 0. The van der Waals surface area contributed by atoms with E-state index in [1.165, 1.54) is 24.8 Å². The Labute approximate surface area is 239 Å². The lowest BCUT2D eigenvalue weighted by Gasteiger charge is -2.40. The lowest BCUT2D eigenvalue weighted by Crippen LogP contribution is -2.35. The van der Waals surface area contributed by atoms with Crippen molar-refractivity contribution in [1.29, 1.82) is 0 Å². The van der Waals surface area contributed by atoms with Crippen LogP contribution in [0.4, 0.5) is 8.78 Å². The van der Waals surface area contributed by atoms with Crippen LogP contribution >= 0.6 is 10.3 Å². The van der Waals surface area contributed by atoms with Crippen molar-refractivity contribution >= 4 is 20.4 Å². The van der Waals surface area contributed by atoms with Crippen molar-refractivity contribution in [3.63, 3.8) is 0 Å². The zero-order valence-electron chi connectivity index (χ0n) is 22.8. The molecule has 6 rings (SSSR count). The minimum atomic E-state index is -5.29. The highest BCUT2D eigenvalue weighted by Gasteiger charge is 2.55. The van der Waals surface area contributed by atoms with E-state index in [2.05, 4.69) is 0 Å². The molecule has 0 spiro atoms. The summed E-state index contributed by atoms with van der Waals surface area (Å²) in [4.78, 5) is 1.75. The van der Waals surface area contributed by atoms with E-state index in [1.54, 1.807) is 48.5 Å². The van der Waals surface area contributed by atoms with Gasteiger partial charge < -0.3 is 0 Å². The molecule has 3 aromatic rings. The summed E-state index contributed by atoms with van der Waals surface area (Å²) < 4.78 is 65.2. The van der Waals surface area contributed by atoms with Crippen LogP contribution in [0, 0.1) is 17.8 Å². The molecule has 3 saturated carbocycles. The summed E-state index contributed by atoms with van der Waals surface area (Å²) in [5.41, 5.74) is 1.21. The first-order chi connectivity index (χ1) is 19.3. The second-order valence-electron chi connectivity index (χ2n) is 11.9. The van der Waals surface area contributed by atoms with E-state index in [1.807, 2.05) is 36.4 Å². The molecule has 3 aromatic carbocycles. The van der Waals surface area contributed by atoms with E-state index >= 15 is 8.78 Å². The Morgan fingerprint density at radius 3 is 1.80 bits per heavy atom. The average molecular weight is 585 g/mol. The molecule has 3 nitrogen and oxygen atoms in total. The summed E-state index contributed by atoms with van der Waals surface area (Å²) in [5, 5.41) is -3.98. The van der Waals surface area contributed by atoms with Gasteiger partial charge in [-0.2, -0.15) is 17.2 Å². The van der Waals surface area contributed by atoms with Crippen molar-refractivity contribution in [3.8, 4) is 0 Å². The fourth-order valence-corrected chi connectivity index (χ4v) is 12.6. The molecular weight excluding hydrogens is 546 g/mol. The number of fused-ring (bicyclic) bond motifs is 2. The minimum Gasteiger partial charge on any atom is -0.202 e. The Bertz CT molecular complexity index is 1350. The van der Waals surface area contributed by atoms with Gasteiger partial charge in [-0.15, -0.1) is 0 Å². The van der Waals surface area contributed by atoms with Gasteiger partial charge in [0, 0.05) is 21.1 Å². The minimum absolute atomic E-state index is 0.193. The average Bonchev–Trinajstić information content (AvgIpc) is 3.61. The molecule has 0 aromatic heterocycles. The molecule has 3 fully saturated rings. The zero-order valence-corrected chi connectivity index (χ0v) is 24.4. The third-order valence-electron chi connectivity index (χ3n) is 9.38. The summed E-state index contributed by atoms with van der Waals surface area (Å²) in [5.74, 6) is 0.838. The highest BCUT2D eigenvalue weighted by Crippen LogP contribution is 2.71. The largest absolute Gasteiger partial charge is 0.371 e. The lowest BCUT2D eigenvalue weighted by molar-refractivity contribution is 0.0441. The molecule has 0 N–H and O–H groups in total. The molecule has 214 valence electrons. The third kappa shape index (κ3) is 5.25. The molecule has 0 amide bonds. The highest BCUT2D eigenvalue weighted by molar-refractivity contribution is 8.33. The molecule has 3 aliphatic rings. The van der Waals surface area contributed by atoms with E-state index < -0.39 is 32.1 Å². The van der Waals surface area contributed by atoms with E-state index in [-0.39, 0.29) is 11.8 Å². The molecule has 3 aliphatic carbocycles. The van der Waals surface area contributed by atoms with Crippen molar-refractivity contribution in [3.05, 3.63) is 90.5 Å². The molecule has 3 unspecified atom stereocenters. The molecule has 3 atom stereocenters. The number of rotatable bonds is 9. The smallest absolute Gasteiger partial charge is 0.202 e.